The Hall–Kier alpha value is -0.610. The quantitative estimate of drug-likeness (QED) is 0.662. The first-order valence-corrected chi connectivity index (χ1v) is 5.47. The number of ether oxygens (including phenoxy) is 1. The molecule has 0 unspecified atom stereocenters. The van der Waals surface area contributed by atoms with E-state index >= 15 is 0 Å². The molecule has 0 radical (unpaired) electrons. The second-order valence-corrected chi connectivity index (χ2v) is 4.80. The fourth-order valence-electron chi connectivity index (χ4n) is 1.30. The van der Waals surface area contributed by atoms with Crippen molar-refractivity contribution in [2.24, 2.45) is 5.92 Å². The van der Waals surface area contributed by atoms with Gasteiger partial charge >= 0.3 is 0 Å². The summed E-state index contributed by atoms with van der Waals surface area (Å²) in [4.78, 5) is 13.0. The molecule has 0 aromatic rings. The van der Waals surface area contributed by atoms with Gasteiger partial charge in [-0.3, -0.25) is 4.79 Å². The van der Waals surface area contributed by atoms with Crippen LogP contribution in [-0.2, 0) is 9.53 Å². The SMILES string of the molecule is CN(CCOCC1CC1)C(=O)C(C)(C)O. The van der Waals surface area contributed by atoms with Gasteiger partial charge in [0.25, 0.3) is 5.91 Å². The molecule has 0 heterocycles. The molecule has 0 aromatic heterocycles. The van der Waals surface area contributed by atoms with Crippen LogP contribution >= 0.6 is 0 Å². The van der Waals surface area contributed by atoms with Gasteiger partial charge in [-0.05, 0) is 32.6 Å². The molecule has 15 heavy (non-hydrogen) atoms. The second-order valence-electron chi connectivity index (χ2n) is 4.80. The van der Waals surface area contributed by atoms with Crippen LogP contribution < -0.4 is 0 Å². The topological polar surface area (TPSA) is 49.8 Å². The van der Waals surface area contributed by atoms with Gasteiger partial charge < -0.3 is 14.7 Å². The molecule has 0 saturated heterocycles. The van der Waals surface area contributed by atoms with E-state index in [9.17, 15) is 9.90 Å². The maximum Gasteiger partial charge on any atom is 0.253 e. The Labute approximate surface area is 91.2 Å². The van der Waals surface area contributed by atoms with Gasteiger partial charge in [-0.15, -0.1) is 0 Å². The lowest BCUT2D eigenvalue weighted by Gasteiger charge is -2.24. The number of amides is 1. The molecule has 4 heteroatoms. The van der Waals surface area contributed by atoms with E-state index in [0.717, 1.165) is 12.5 Å². The Kier molecular flexibility index (Phi) is 4.11. The fraction of sp³-hybridized carbons (Fsp3) is 0.909. The number of hydrogen-bond acceptors (Lipinski definition) is 3. The molecule has 0 aromatic carbocycles. The Morgan fingerprint density at radius 2 is 2.13 bits per heavy atom. The predicted molar refractivity (Wildman–Crippen MR) is 57.5 cm³/mol. The van der Waals surface area contributed by atoms with Gasteiger partial charge in [0, 0.05) is 20.2 Å². The smallest absolute Gasteiger partial charge is 0.253 e. The lowest BCUT2D eigenvalue weighted by atomic mass is 10.1. The summed E-state index contributed by atoms with van der Waals surface area (Å²) in [7, 11) is 1.68. The normalized spacial score (nSPS) is 16.5. The van der Waals surface area contributed by atoms with E-state index in [0.29, 0.717) is 13.2 Å². The van der Waals surface area contributed by atoms with Gasteiger partial charge in [0.15, 0.2) is 0 Å². The minimum atomic E-state index is -1.29. The molecular weight excluding hydrogens is 194 g/mol. The average molecular weight is 215 g/mol. The number of aliphatic hydroxyl groups is 1. The predicted octanol–water partition coefficient (Wildman–Crippen LogP) is 0.642. The highest BCUT2D eigenvalue weighted by Gasteiger charge is 2.27. The van der Waals surface area contributed by atoms with Crippen LogP contribution in [0.15, 0.2) is 0 Å². The van der Waals surface area contributed by atoms with Crippen LogP contribution in [0, 0.1) is 5.92 Å². The van der Waals surface area contributed by atoms with Crippen LogP contribution in [0.1, 0.15) is 26.7 Å². The van der Waals surface area contributed by atoms with E-state index in [4.69, 9.17) is 4.74 Å². The summed E-state index contributed by atoms with van der Waals surface area (Å²) in [6, 6.07) is 0. The Bertz CT molecular complexity index is 218. The van der Waals surface area contributed by atoms with Crippen LogP contribution in [0.2, 0.25) is 0 Å². The van der Waals surface area contributed by atoms with Crippen molar-refractivity contribution in [2.75, 3.05) is 26.8 Å². The van der Waals surface area contributed by atoms with Gasteiger partial charge in [0.2, 0.25) is 0 Å². The molecule has 0 spiro atoms. The summed E-state index contributed by atoms with van der Waals surface area (Å²) in [6.45, 7) is 4.89. The first-order chi connectivity index (χ1) is 6.91. The molecule has 1 rings (SSSR count). The molecule has 1 aliphatic carbocycles. The van der Waals surface area contributed by atoms with Gasteiger partial charge in [0.1, 0.15) is 5.60 Å². The largest absolute Gasteiger partial charge is 0.381 e. The summed E-state index contributed by atoms with van der Waals surface area (Å²) in [6.07, 6.45) is 2.55. The maximum atomic E-state index is 11.5. The van der Waals surface area contributed by atoms with Gasteiger partial charge in [-0.2, -0.15) is 0 Å². The molecule has 4 nitrogen and oxygen atoms in total. The van der Waals surface area contributed by atoms with E-state index in [2.05, 4.69) is 0 Å². The van der Waals surface area contributed by atoms with Crippen molar-refractivity contribution < 1.29 is 14.6 Å². The molecule has 1 saturated carbocycles. The number of rotatable bonds is 6. The van der Waals surface area contributed by atoms with E-state index in [1.807, 2.05) is 0 Å². The average Bonchev–Trinajstić information content (AvgIpc) is 2.93. The molecule has 1 aliphatic rings. The third-order valence-electron chi connectivity index (χ3n) is 2.49. The zero-order chi connectivity index (χ0) is 11.5. The maximum absolute atomic E-state index is 11.5. The van der Waals surface area contributed by atoms with E-state index in [1.54, 1.807) is 7.05 Å². The number of likely N-dealkylation sites (N-methyl/N-ethyl adjacent to an activating group) is 1. The van der Waals surface area contributed by atoms with E-state index in [-0.39, 0.29) is 5.91 Å². The lowest BCUT2D eigenvalue weighted by molar-refractivity contribution is -0.147. The highest BCUT2D eigenvalue weighted by molar-refractivity contribution is 5.83. The number of hydrogen-bond donors (Lipinski definition) is 1. The van der Waals surface area contributed by atoms with Crippen molar-refractivity contribution >= 4 is 5.91 Å². The first-order valence-electron chi connectivity index (χ1n) is 5.47. The molecular formula is C11H21NO3. The molecule has 0 atom stereocenters. The van der Waals surface area contributed by atoms with Crippen molar-refractivity contribution in [3.63, 3.8) is 0 Å². The Morgan fingerprint density at radius 3 is 2.60 bits per heavy atom. The third kappa shape index (κ3) is 4.62. The van der Waals surface area contributed by atoms with Crippen LogP contribution in [0.3, 0.4) is 0 Å². The summed E-state index contributed by atoms with van der Waals surface area (Å²) in [5.41, 5.74) is -1.29. The highest BCUT2D eigenvalue weighted by atomic mass is 16.5. The summed E-state index contributed by atoms with van der Waals surface area (Å²) < 4.78 is 5.42. The lowest BCUT2D eigenvalue weighted by Crippen LogP contribution is -2.44. The van der Waals surface area contributed by atoms with Crippen LogP contribution in [0.4, 0.5) is 0 Å². The van der Waals surface area contributed by atoms with Crippen molar-refractivity contribution in [3.05, 3.63) is 0 Å². The Morgan fingerprint density at radius 1 is 1.53 bits per heavy atom. The van der Waals surface area contributed by atoms with Crippen molar-refractivity contribution in [1.29, 1.82) is 0 Å². The third-order valence-corrected chi connectivity index (χ3v) is 2.49. The molecule has 0 aliphatic heterocycles. The van der Waals surface area contributed by atoms with Crippen LogP contribution in [0.25, 0.3) is 0 Å². The van der Waals surface area contributed by atoms with Gasteiger partial charge in [-0.25, -0.2) is 0 Å². The first kappa shape index (κ1) is 12.5. The molecule has 1 N–H and O–H groups in total. The van der Waals surface area contributed by atoms with E-state index in [1.165, 1.54) is 31.6 Å². The van der Waals surface area contributed by atoms with Gasteiger partial charge in [-0.1, -0.05) is 0 Å². The highest BCUT2D eigenvalue weighted by Crippen LogP contribution is 2.28. The van der Waals surface area contributed by atoms with Crippen molar-refractivity contribution in [1.82, 2.24) is 4.90 Å². The molecule has 1 fully saturated rings. The Balaban J connectivity index is 2.11. The minimum absolute atomic E-state index is 0.266. The number of carbonyl (C=O) groups excluding carboxylic acids is 1. The molecule has 88 valence electrons. The molecule has 1 amide bonds. The van der Waals surface area contributed by atoms with Crippen LogP contribution in [-0.4, -0.2) is 48.3 Å². The van der Waals surface area contributed by atoms with Crippen LogP contribution in [0.5, 0.6) is 0 Å². The zero-order valence-electron chi connectivity index (χ0n) is 9.82. The summed E-state index contributed by atoms with van der Waals surface area (Å²) in [5, 5.41) is 9.48. The summed E-state index contributed by atoms with van der Waals surface area (Å²) in [5.74, 6) is 0.484. The minimum Gasteiger partial charge on any atom is -0.381 e. The standard InChI is InChI=1S/C11H21NO3/c1-11(2,14)10(13)12(3)6-7-15-8-9-4-5-9/h9,14H,4-8H2,1-3H3. The second kappa shape index (κ2) is 4.94. The fourth-order valence-corrected chi connectivity index (χ4v) is 1.30. The monoisotopic (exact) mass is 215 g/mol. The van der Waals surface area contributed by atoms with E-state index < -0.39 is 5.60 Å². The zero-order valence-corrected chi connectivity index (χ0v) is 9.82. The van der Waals surface area contributed by atoms with Crippen molar-refractivity contribution in [2.45, 2.75) is 32.3 Å². The van der Waals surface area contributed by atoms with Gasteiger partial charge in [0.05, 0.1) is 6.61 Å². The van der Waals surface area contributed by atoms with Crippen molar-refractivity contribution in [3.8, 4) is 0 Å². The number of carbonyl (C=O) groups is 1. The summed E-state index contributed by atoms with van der Waals surface area (Å²) >= 11 is 0. The number of nitrogens with zero attached hydrogens (tertiary/aromatic N) is 1. The molecule has 0 bridgehead atoms.